The van der Waals surface area contributed by atoms with Gasteiger partial charge in [-0.25, -0.2) is 0 Å². The molecule has 5 aromatic carbocycles. The number of fused-ring (bicyclic) bond motifs is 5. The van der Waals surface area contributed by atoms with Crippen molar-refractivity contribution < 1.29 is 14.4 Å². The number of nitrogens with one attached hydrogen (secondary N) is 2. The Hall–Kier alpha value is -2.50. The standard InChI is InChI=1S/3C11H12BBrNO.2C10H12BrN/c3*1-8-9-3-2-4-11(13)10(9)5-6-14(8)12-7-15;2*1-7-8-3-2-4-10(11)9(8)5-6-12-7/h3*2-4,7-8H,5-6H2,1H3;2*2-4,7,12H,5-6H2,1H3/t2*8-;;7-;/m10.0./s1. The monoisotopic (exact) mass is 1240 g/mol. The molecule has 0 saturated carbocycles. The minimum atomic E-state index is 0.288. The van der Waals surface area contributed by atoms with Crippen molar-refractivity contribution in [1.82, 2.24) is 25.1 Å². The van der Waals surface area contributed by atoms with Crippen LogP contribution in [0.1, 0.15) is 120 Å². The highest BCUT2D eigenvalue weighted by Crippen LogP contribution is 2.36. The molecule has 5 aromatic rings. The molecule has 8 nitrogen and oxygen atoms in total. The summed E-state index contributed by atoms with van der Waals surface area (Å²) in [6.45, 7) is 15.7. The summed E-state index contributed by atoms with van der Waals surface area (Å²) in [6, 6.07) is 33.5. The van der Waals surface area contributed by atoms with Crippen LogP contribution in [0, 0.1) is 0 Å². The second-order valence-electron chi connectivity index (χ2n) is 17.7. The molecule has 16 heteroatoms. The molecule has 5 atom stereocenters. The van der Waals surface area contributed by atoms with Crippen LogP contribution in [-0.4, -0.2) is 88.0 Å². The minimum absolute atomic E-state index is 0.288. The molecule has 0 aromatic heterocycles. The van der Waals surface area contributed by atoms with E-state index in [1.807, 2.05) is 18.2 Å². The fraction of sp³-hybridized carbons (Fsp3) is 0.377. The molecule has 0 saturated heterocycles. The van der Waals surface area contributed by atoms with Crippen LogP contribution in [0.25, 0.3) is 0 Å². The summed E-state index contributed by atoms with van der Waals surface area (Å²) in [5.74, 6) is 0. The van der Waals surface area contributed by atoms with Crippen molar-refractivity contribution in [2.24, 2.45) is 0 Å². The zero-order valence-electron chi connectivity index (χ0n) is 40.0. The molecule has 2 N–H and O–H groups in total. The lowest BCUT2D eigenvalue weighted by atomic mass is 9.84. The lowest BCUT2D eigenvalue weighted by molar-refractivity contribution is 0.342. The van der Waals surface area contributed by atoms with Crippen molar-refractivity contribution in [2.45, 2.75) is 96.9 Å². The van der Waals surface area contributed by atoms with E-state index in [0.29, 0.717) is 12.1 Å². The number of carbonyl (C=O) groups excluding carboxylic acids is 3. The van der Waals surface area contributed by atoms with Crippen molar-refractivity contribution in [2.75, 3.05) is 32.7 Å². The van der Waals surface area contributed by atoms with Gasteiger partial charge in [0.15, 0.2) is 0 Å². The minimum Gasteiger partial charge on any atom is -0.333 e. The van der Waals surface area contributed by atoms with Crippen molar-refractivity contribution in [3.8, 4) is 0 Å². The Labute approximate surface area is 454 Å². The highest BCUT2D eigenvalue weighted by atomic mass is 79.9. The van der Waals surface area contributed by atoms with Gasteiger partial charge in [-0.3, -0.25) is 0 Å². The lowest BCUT2D eigenvalue weighted by Crippen LogP contribution is -2.37. The van der Waals surface area contributed by atoms with E-state index in [0.717, 1.165) is 83.4 Å². The molecule has 5 aliphatic rings. The summed E-state index contributed by atoms with van der Waals surface area (Å²) in [5, 5.41) is 6.89. The fourth-order valence-electron chi connectivity index (χ4n) is 9.91. The molecule has 10 rings (SSSR count). The first-order valence-electron chi connectivity index (χ1n) is 23.8. The summed E-state index contributed by atoms with van der Waals surface area (Å²) in [6.07, 6.45) is 7.84. The molecule has 0 amide bonds. The van der Waals surface area contributed by atoms with Crippen LogP contribution >= 0.6 is 79.6 Å². The number of rotatable bonds is 6. The van der Waals surface area contributed by atoms with Gasteiger partial charge in [-0.15, -0.1) is 0 Å². The third-order valence-corrected chi connectivity index (χ3v) is 17.5. The van der Waals surface area contributed by atoms with E-state index in [4.69, 9.17) is 0 Å². The van der Waals surface area contributed by atoms with E-state index in [2.05, 4.69) is 212 Å². The Morgan fingerprint density at radius 2 is 0.652 bits per heavy atom. The van der Waals surface area contributed by atoms with Gasteiger partial charge in [-0.1, -0.05) is 140 Å². The first-order chi connectivity index (χ1) is 33.3. The van der Waals surface area contributed by atoms with Crippen molar-refractivity contribution >= 4 is 120 Å². The average Bonchev–Trinajstić information content (AvgIpc) is 3.34. The molecule has 0 bridgehead atoms. The Balaban J connectivity index is 0.000000142. The highest BCUT2D eigenvalue weighted by molar-refractivity contribution is 9.11. The predicted octanol–water partition coefficient (Wildman–Crippen LogP) is 11.8. The number of benzene rings is 5. The summed E-state index contributed by atoms with van der Waals surface area (Å²) < 4.78 is 6.05. The maximum Gasteiger partial charge on any atom is 0.293 e. The zero-order valence-corrected chi connectivity index (χ0v) is 48.0. The highest BCUT2D eigenvalue weighted by Gasteiger charge is 2.27. The van der Waals surface area contributed by atoms with Crippen LogP contribution in [0.5, 0.6) is 0 Å². The Kier molecular flexibility index (Phi) is 22.3. The third kappa shape index (κ3) is 14.4. The van der Waals surface area contributed by atoms with E-state index < -0.39 is 0 Å². The number of carbonyl (C=O) groups is 3. The third-order valence-electron chi connectivity index (χ3n) is 13.8. The first kappa shape index (κ1) is 55.8. The first-order valence-corrected chi connectivity index (χ1v) is 27.7. The van der Waals surface area contributed by atoms with E-state index in [9.17, 15) is 14.4 Å². The molecule has 0 aliphatic carbocycles. The van der Waals surface area contributed by atoms with E-state index in [1.165, 1.54) is 78.0 Å². The van der Waals surface area contributed by atoms with Crippen LogP contribution in [0.2, 0.25) is 0 Å². The summed E-state index contributed by atoms with van der Waals surface area (Å²) >= 11 is 17.9. The maximum atomic E-state index is 10.5. The molecular weight excluding hydrogens is 1190 g/mol. The Morgan fingerprint density at radius 3 is 0.899 bits per heavy atom. The van der Waals surface area contributed by atoms with Gasteiger partial charge in [0.05, 0.1) is 18.6 Å². The fourth-order valence-corrected chi connectivity index (χ4v) is 12.8. The molecule has 5 heterocycles. The summed E-state index contributed by atoms with van der Waals surface area (Å²) in [5.41, 5.74) is 13.9. The van der Waals surface area contributed by atoms with Crippen LogP contribution in [0.15, 0.2) is 113 Å². The van der Waals surface area contributed by atoms with Crippen LogP contribution in [0.3, 0.4) is 0 Å². The smallest absolute Gasteiger partial charge is 0.293 e. The van der Waals surface area contributed by atoms with E-state index in [1.54, 1.807) is 22.2 Å². The van der Waals surface area contributed by atoms with E-state index >= 15 is 0 Å². The molecule has 0 fully saturated rings. The van der Waals surface area contributed by atoms with Crippen molar-refractivity contribution in [1.29, 1.82) is 0 Å². The van der Waals surface area contributed by atoms with Gasteiger partial charge in [0, 0.05) is 52.6 Å². The van der Waals surface area contributed by atoms with Gasteiger partial charge in [0.1, 0.15) is 0 Å². The molecule has 2 unspecified atom stereocenters. The normalized spacial score (nSPS) is 21.2. The average molecular weight is 1250 g/mol. The van der Waals surface area contributed by atoms with Gasteiger partial charge < -0.3 is 39.4 Å². The molecule has 359 valence electrons. The summed E-state index contributed by atoms with van der Waals surface area (Å²) in [4.78, 5) is 37.7. The molecule has 5 aliphatic heterocycles. The second-order valence-corrected chi connectivity index (χ2v) is 22.0. The summed E-state index contributed by atoms with van der Waals surface area (Å²) in [7, 11) is 4.90. The topological polar surface area (TPSA) is 85.0 Å². The predicted molar refractivity (Wildman–Crippen MR) is 305 cm³/mol. The largest absolute Gasteiger partial charge is 0.333 e. The van der Waals surface area contributed by atoms with E-state index in [-0.39, 0.29) is 18.1 Å². The van der Waals surface area contributed by atoms with Crippen molar-refractivity contribution in [3.63, 3.8) is 0 Å². The van der Waals surface area contributed by atoms with Gasteiger partial charge in [0.25, 0.3) is 22.2 Å². The zero-order chi connectivity index (χ0) is 49.6. The molecular formula is C53H60B3Br5N5O3. The van der Waals surface area contributed by atoms with Gasteiger partial charge in [0.2, 0.25) is 0 Å². The van der Waals surface area contributed by atoms with Crippen molar-refractivity contribution in [3.05, 3.63) is 169 Å². The number of nitrogens with zero attached hydrogens (tertiary/aromatic N) is 3. The van der Waals surface area contributed by atoms with Crippen LogP contribution in [0.4, 0.5) is 0 Å². The Bertz CT molecular complexity index is 2300. The number of hydrogen-bond acceptors (Lipinski definition) is 8. The van der Waals surface area contributed by atoms with Gasteiger partial charge in [-0.2, -0.15) is 0 Å². The molecule has 0 spiro atoms. The van der Waals surface area contributed by atoms with Crippen LogP contribution < -0.4 is 10.6 Å². The second kappa shape index (κ2) is 27.5. The number of hydrogen-bond donors (Lipinski definition) is 2. The lowest BCUT2D eigenvalue weighted by Gasteiger charge is -2.34. The Morgan fingerprint density at radius 1 is 0.406 bits per heavy atom. The maximum absolute atomic E-state index is 10.5. The van der Waals surface area contributed by atoms with Crippen LogP contribution in [-0.2, 0) is 46.5 Å². The quantitative estimate of drug-likeness (QED) is 0.129. The SMILES string of the molecule is CC1NCCc2c(Br)cccc21.CC1c2cccc(Br)c2CCN1[B]C=O.C[C@@H]1NCCc2c(Br)cccc21.C[C@@H]1c2cccc(Br)c2CCN1[B]C=O.C[C@H]1c2cccc(Br)c2CCN1[B]C=O. The van der Waals surface area contributed by atoms with Gasteiger partial charge in [-0.05, 0) is 185 Å². The number of halogens is 5. The molecule has 69 heavy (non-hydrogen) atoms. The molecule has 3 radical (unpaired) electrons. The van der Waals surface area contributed by atoms with Gasteiger partial charge >= 0.3 is 0 Å².